The smallest absolute Gasteiger partial charge is 0.194 e. The van der Waals surface area contributed by atoms with Gasteiger partial charge in [0.1, 0.15) is 5.76 Å². The molecule has 17 heavy (non-hydrogen) atoms. The molecule has 0 aliphatic rings. The fourth-order valence-electron chi connectivity index (χ4n) is 1.41. The highest BCUT2D eigenvalue weighted by molar-refractivity contribution is 9.10. The summed E-state index contributed by atoms with van der Waals surface area (Å²) in [4.78, 5) is 0. The second kappa shape index (κ2) is 4.54. The molecule has 2 nitrogen and oxygen atoms in total. The van der Waals surface area contributed by atoms with Crippen molar-refractivity contribution in [2.75, 3.05) is 0 Å². The summed E-state index contributed by atoms with van der Waals surface area (Å²) in [6, 6.07) is 4.00. The highest BCUT2D eigenvalue weighted by Gasteiger charge is 2.18. The van der Waals surface area contributed by atoms with Crippen LogP contribution in [0.1, 0.15) is 17.4 Å². The molecule has 0 aliphatic carbocycles. The van der Waals surface area contributed by atoms with E-state index in [2.05, 4.69) is 15.9 Å². The summed E-state index contributed by atoms with van der Waals surface area (Å²) in [6.07, 6.45) is 0. The Hall–Kier alpha value is -1.27. The summed E-state index contributed by atoms with van der Waals surface area (Å²) >= 11 is 3.08. The third-order valence-corrected chi connectivity index (χ3v) is 2.69. The topological polar surface area (TPSA) is 39.2 Å². The van der Waals surface area contributed by atoms with E-state index in [4.69, 9.17) is 10.2 Å². The molecule has 2 N–H and O–H groups in total. The van der Waals surface area contributed by atoms with Gasteiger partial charge in [-0.1, -0.05) is 0 Å². The first-order chi connectivity index (χ1) is 7.99. The van der Waals surface area contributed by atoms with Crippen molar-refractivity contribution in [1.29, 1.82) is 0 Å². The largest absolute Gasteiger partial charge is 0.452 e. The lowest BCUT2D eigenvalue weighted by Crippen LogP contribution is -2.12. The highest BCUT2D eigenvalue weighted by atomic mass is 79.9. The van der Waals surface area contributed by atoms with Crippen LogP contribution in [0.2, 0.25) is 0 Å². The van der Waals surface area contributed by atoms with Crippen LogP contribution in [-0.4, -0.2) is 0 Å². The van der Waals surface area contributed by atoms with Gasteiger partial charge in [-0.2, -0.15) is 0 Å². The van der Waals surface area contributed by atoms with Gasteiger partial charge in [0.2, 0.25) is 0 Å². The molecular weight excluding hydrogens is 299 g/mol. The van der Waals surface area contributed by atoms with Crippen molar-refractivity contribution >= 4 is 15.9 Å². The van der Waals surface area contributed by atoms with E-state index in [9.17, 15) is 13.2 Å². The van der Waals surface area contributed by atoms with Gasteiger partial charge in [-0.15, -0.1) is 0 Å². The van der Waals surface area contributed by atoms with E-state index in [-0.39, 0.29) is 5.56 Å². The molecule has 2 aromatic rings. The molecule has 6 heteroatoms. The fourth-order valence-corrected chi connectivity index (χ4v) is 1.73. The van der Waals surface area contributed by atoms with Gasteiger partial charge in [-0.25, -0.2) is 13.2 Å². The third kappa shape index (κ3) is 2.37. The summed E-state index contributed by atoms with van der Waals surface area (Å²) in [5.74, 6) is -3.74. The minimum Gasteiger partial charge on any atom is -0.452 e. The molecular formula is C11H7BrF3NO. The van der Waals surface area contributed by atoms with Crippen molar-refractivity contribution in [3.63, 3.8) is 0 Å². The Morgan fingerprint density at radius 3 is 2.18 bits per heavy atom. The first-order valence-corrected chi connectivity index (χ1v) is 5.43. The number of rotatable bonds is 2. The van der Waals surface area contributed by atoms with Gasteiger partial charge < -0.3 is 10.2 Å². The van der Waals surface area contributed by atoms with Crippen molar-refractivity contribution in [2.24, 2.45) is 5.73 Å². The normalized spacial score (nSPS) is 12.8. The zero-order chi connectivity index (χ0) is 12.6. The number of benzene rings is 1. The SMILES string of the molecule is NC(c1cc(F)c(F)c(F)c1)c1ccc(Br)o1. The Morgan fingerprint density at radius 1 is 1.12 bits per heavy atom. The molecule has 0 bridgehead atoms. The zero-order valence-electron chi connectivity index (χ0n) is 8.38. The maximum absolute atomic E-state index is 13.0. The molecule has 1 heterocycles. The minimum absolute atomic E-state index is 0.100. The van der Waals surface area contributed by atoms with E-state index in [0.717, 1.165) is 12.1 Å². The quantitative estimate of drug-likeness (QED) is 0.862. The van der Waals surface area contributed by atoms with Crippen molar-refractivity contribution < 1.29 is 17.6 Å². The molecule has 0 spiro atoms. The van der Waals surface area contributed by atoms with E-state index >= 15 is 0 Å². The molecule has 90 valence electrons. The summed E-state index contributed by atoms with van der Waals surface area (Å²) in [7, 11) is 0. The first kappa shape index (κ1) is 12.2. The molecule has 0 saturated carbocycles. The monoisotopic (exact) mass is 305 g/mol. The molecule has 0 fully saturated rings. The third-order valence-electron chi connectivity index (χ3n) is 2.27. The maximum Gasteiger partial charge on any atom is 0.194 e. The number of hydrogen-bond acceptors (Lipinski definition) is 2. The maximum atomic E-state index is 13.0. The van der Waals surface area contributed by atoms with Gasteiger partial charge in [-0.3, -0.25) is 0 Å². The summed E-state index contributed by atoms with van der Waals surface area (Å²) < 4.78 is 44.4. The van der Waals surface area contributed by atoms with Gasteiger partial charge in [0.25, 0.3) is 0 Å². The van der Waals surface area contributed by atoms with E-state index in [1.54, 1.807) is 12.1 Å². The summed E-state index contributed by atoms with van der Waals surface area (Å²) in [6.45, 7) is 0. The highest BCUT2D eigenvalue weighted by Crippen LogP contribution is 2.26. The van der Waals surface area contributed by atoms with E-state index in [1.165, 1.54) is 0 Å². The Bertz CT molecular complexity index is 532. The van der Waals surface area contributed by atoms with Gasteiger partial charge >= 0.3 is 0 Å². The van der Waals surface area contributed by atoms with Crippen LogP contribution in [0, 0.1) is 17.5 Å². The molecule has 1 aromatic carbocycles. The van der Waals surface area contributed by atoms with Crippen LogP contribution in [-0.2, 0) is 0 Å². The van der Waals surface area contributed by atoms with Crippen LogP contribution in [0.25, 0.3) is 0 Å². The molecule has 0 radical (unpaired) electrons. The Morgan fingerprint density at radius 2 is 1.71 bits per heavy atom. The van der Waals surface area contributed by atoms with E-state index in [1.807, 2.05) is 0 Å². The Balaban J connectivity index is 2.41. The second-order valence-corrected chi connectivity index (χ2v) is 4.20. The molecule has 1 atom stereocenters. The Kier molecular flexibility index (Phi) is 3.26. The number of halogens is 4. The van der Waals surface area contributed by atoms with Crippen LogP contribution in [0.3, 0.4) is 0 Å². The summed E-state index contributed by atoms with van der Waals surface area (Å²) in [5.41, 5.74) is 5.85. The van der Waals surface area contributed by atoms with Gasteiger partial charge in [0.05, 0.1) is 6.04 Å². The average molecular weight is 306 g/mol. The van der Waals surface area contributed by atoms with Crippen molar-refractivity contribution in [3.05, 3.63) is 57.7 Å². The predicted octanol–water partition coefficient (Wildman–Crippen LogP) is 3.51. The average Bonchev–Trinajstić information content (AvgIpc) is 2.71. The van der Waals surface area contributed by atoms with E-state index < -0.39 is 23.5 Å². The number of furan rings is 1. The number of hydrogen-bond donors (Lipinski definition) is 1. The first-order valence-electron chi connectivity index (χ1n) is 4.64. The standard InChI is InChI=1S/C11H7BrF3NO/c12-9-2-1-8(17-9)11(16)5-3-6(13)10(15)7(14)4-5/h1-4,11H,16H2. The predicted molar refractivity (Wildman–Crippen MR) is 58.8 cm³/mol. The van der Waals surface area contributed by atoms with Gasteiger partial charge in [0.15, 0.2) is 22.1 Å². The lowest BCUT2D eigenvalue weighted by Gasteiger charge is -2.09. The summed E-state index contributed by atoms with van der Waals surface area (Å²) in [5, 5.41) is 0. The number of nitrogens with two attached hydrogens (primary N) is 1. The molecule has 2 rings (SSSR count). The van der Waals surface area contributed by atoms with Crippen LogP contribution >= 0.6 is 15.9 Å². The van der Waals surface area contributed by atoms with Gasteiger partial charge in [0, 0.05) is 0 Å². The lowest BCUT2D eigenvalue weighted by atomic mass is 10.1. The van der Waals surface area contributed by atoms with E-state index in [0.29, 0.717) is 10.4 Å². The molecule has 0 aliphatic heterocycles. The van der Waals surface area contributed by atoms with Gasteiger partial charge in [-0.05, 0) is 45.8 Å². The molecule has 1 aromatic heterocycles. The second-order valence-electron chi connectivity index (χ2n) is 3.42. The van der Waals surface area contributed by atoms with Crippen molar-refractivity contribution in [3.8, 4) is 0 Å². The molecule has 0 saturated heterocycles. The van der Waals surface area contributed by atoms with Crippen LogP contribution in [0.4, 0.5) is 13.2 Å². The fraction of sp³-hybridized carbons (Fsp3) is 0.0909. The molecule has 0 amide bonds. The minimum atomic E-state index is -1.51. The van der Waals surface area contributed by atoms with Crippen LogP contribution in [0.15, 0.2) is 33.4 Å². The Labute approximate surface area is 103 Å². The van der Waals surface area contributed by atoms with Crippen molar-refractivity contribution in [1.82, 2.24) is 0 Å². The zero-order valence-corrected chi connectivity index (χ0v) is 9.97. The van der Waals surface area contributed by atoms with Crippen molar-refractivity contribution in [2.45, 2.75) is 6.04 Å². The lowest BCUT2D eigenvalue weighted by molar-refractivity contribution is 0.439. The molecule has 1 unspecified atom stereocenters. The van der Waals surface area contributed by atoms with Crippen LogP contribution < -0.4 is 5.73 Å². The van der Waals surface area contributed by atoms with Crippen LogP contribution in [0.5, 0.6) is 0 Å².